The number of carbonyl (C=O) groups excluding carboxylic acids is 2. The molecule has 1 aliphatic rings. The number of aliphatic hydroxyl groups excluding tert-OH is 1. The van der Waals surface area contributed by atoms with Gasteiger partial charge in [0.2, 0.25) is 0 Å². The molecule has 11 nitrogen and oxygen atoms in total. The number of nitrogens with zero attached hydrogens (tertiary/aromatic N) is 1. The van der Waals surface area contributed by atoms with E-state index in [0.29, 0.717) is 6.54 Å². The molecule has 3 atom stereocenters. The van der Waals surface area contributed by atoms with E-state index >= 15 is 0 Å². The van der Waals surface area contributed by atoms with E-state index in [0.717, 1.165) is 0 Å². The predicted molar refractivity (Wildman–Crippen MR) is 111 cm³/mol. The number of carboxylic acid groups (broad SMARTS) is 1. The summed E-state index contributed by atoms with van der Waals surface area (Å²) >= 11 is 0. The molecule has 0 radical (unpaired) electrons. The number of methoxy groups -OCH3 is 1. The van der Waals surface area contributed by atoms with Crippen LogP contribution < -0.4 is 10.6 Å². The second-order valence-corrected chi connectivity index (χ2v) is 9.32. The summed E-state index contributed by atoms with van der Waals surface area (Å²) in [5, 5.41) is 24.8. The van der Waals surface area contributed by atoms with Crippen molar-refractivity contribution in [1.29, 1.82) is 0 Å². The molecule has 0 aromatic carbocycles. The maximum absolute atomic E-state index is 12.7. The summed E-state index contributed by atoms with van der Waals surface area (Å²) in [6.07, 6.45) is -0.977. The number of esters is 1. The minimum Gasteiger partial charge on any atom is -0.481 e. The van der Waals surface area contributed by atoms with E-state index in [9.17, 15) is 19.5 Å². The third-order valence-corrected chi connectivity index (χ3v) is 4.91. The van der Waals surface area contributed by atoms with Crippen LogP contribution in [-0.4, -0.2) is 95.5 Å². The van der Waals surface area contributed by atoms with Crippen molar-refractivity contribution in [3.8, 4) is 0 Å². The fourth-order valence-electron chi connectivity index (χ4n) is 3.30. The van der Waals surface area contributed by atoms with Gasteiger partial charge in [-0.1, -0.05) is 0 Å². The summed E-state index contributed by atoms with van der Waals surface area (Å²) in [5.41, 5.74) is -2.96. The molecule has 0 aromatic rings. The largest absolute Gasteiger partial charge is 0.481 e. The highest BCUT2D eigenvalue weighted by atomic mass is 16.6. The Labute approximate surface area is 183 Å². The van der Waals surface area contributed by atoms with Crippen LogP contribution in [0.15, 0.2) is 0 Å². The zero-order valence-corrected chi connectivity index (χ0v) is 19.5. The molecule has 1 rings (SSSR count). The highest BCUT2D eigenvalue weighted by molar-refractivity contribution is 5.85. The molecule has 180 valence electrons. The van der Waals surface area contributed by atoms with E-state index in [4.69, 9.17) is 19.3 Å². The quantitative estimate of drug-likeness (QED) is 0.345. The van der Waals surface area contributed by atoms with Crippen LogP contribution in [0.2, 0.25) is 0 Å². The third kappa shape index (κ3) is 7.91. The molecule has 0 aliphatic carbocycles. The first-order valence-electron chi connectivity index (χ1n) is 10.2. The van der Waals surface area contributed by atoms with E-state index in [1.807, 2.05) is 0 Å². The van der Waals surface area contributed by atoms with Crippen molar-refractivity contribution in [2.45, 2.75) is 76.9 Å². The van der Waals surface area contributed by atoms with Crippen molar-refractivity contribution in [3.05, 3.63) is 0 Å². The summed E-state index contributed by atoms with van der Waals surface area (Å²) in [5.74, 6) is -1.87. The van der Waals surface area contributed by atoms with Crippen LogP contribution in [0.1, 0.15) is 48.0 Å². The number of nitrogens with one attached hydrogen (secondary N) is 2. The van der Waals surface area contributed by atoms with Crippen molar-refractivity contribution < 1.29 is 38.8 Å². The zero-order valence-electron chi connectivity index (χ0n) is 19.5. The number of aliphatic carboxylic acids is 1. The number of amides is 1. The Kier molecular flexibility index (Phi) is 9.24. The van der Waals surface area contributed by atoms with Gasteiger partial charge in [0.05, 0.1) is 32.8 Å². The fourth-order valence-corrected chi connectivity index (χ4v) is 3.30. The van der Waals surface area contributed by atoms with Crippen molar-refractivity contribution in [2.24, 2.45) is 0 Å². The van der Waals surface area contributed by atoms with Gasteiger partial charge in [-0.3, -0.25) is 19.8 Å². The first kappa shape index (κ1) is 27.1. The SMILES string of the molecule is COC(=O)C(C)(CC(=O)O)NCC(CO)NCC1COC(C)(C)N1C(=O)OC(C)(C)C. The number of ether oxygens (including phenoxy) is 3. The molecule has 0 aromatic heterocycles. The number of aliphatic hydroxyl groups is 1. The van der Waals surface area contributed by atoms with Crippen LogP contribution in [0.3, 0.4) is 0 Å². The predicted octanol–water partition coefficient (Wildman–Crippen LogP) is 0.305. The Morgan fingerprint density at radius 1 is 1.26 bits per heavy atom. The fraction of sp³-hybridized carbons (Fsp3) is 0.850. The molecule has 1 amide bonds. The third-order valence-electron chi connectivity index (χ3n) is 4.91. The molecule has 3 unspecified atom stereocenters. The minimum atomic E-state index is -1.45. The van der Waals surface area contributed by atoms with Gasteiger partial charge in [-0.15, -0.1) is 0 Å². The minimum absolute atomic E-state index is 0.0960. The van der Waals surface area contributed by atoms with Crippen molar-refractivity contribution >= 4 is 18.0 Å². The molecule has 11 heteroatoms. The van der Waals surface area contributed by atoms with Crippen LogP contribution in [0.4, 0.5) is 4.79 Å². The van der Waals surface area contributed by atoms with Crippen LogP contribution in [0.25, 0.3) is 0 Å². The normalized spacial score (nSPS) is 21.3. The highest BCUT2D eigenvalue weighted by Gasteiger charge is 2.45. The van der Waals surface area contributed by atoms with Gasteiger partial charge in [0.1, 0.15) is 16.9 Å². The van der Waals surface area contributed by atoms with Gasteiger partial charge in [-0.05, 0) is 41.5 Å². The van der Waals surface area contributed by atoms with Gasteiger partial charge in [-0.2, -0.15) is 0 Å². The van der Waals surface area contributed by atoms with Crippen LogP contribution in [0.5, 0.6) is 0 Å². The van der Waals surface area contributed by atoms with E-state index < -0.39 is 47.4 Å². The average Bonchev–Trinajstić information content (AvgIpc) is 2.93. The van der Waals surface area contributed by atoms with Crippen LogP contribution >= 0.6 is 0 Å². The number of hydrogen-bond donors (Lipinski definition) is 4. The van der Waals surface area contributed by atoms with Crippen molar-refractivity contribution in [3.63, 3.8) is 0 Å². The number of carbonyl (C=O) groups is 3. The molecule has 1 fully saturated rings. The Bertz CT molecular complexity index is 649. The van der Waals surface area contributed by atoms with E-state index in [-0.39, 0.29) is 25.8 Å². The summed E-state index contributed by atoms with van der Waals surface area (Å²) in [6.45, 7) is 10.7. The molecular formula is C20H37N3O8. The van der Waals surface area contributed by atoms with Gasteiger partial charge < -0.3 is 29.7 Å². The lowest BCUT2D eigenvalue weighted by Gasteiger charge is -2.35. The van der Waals surface area contributed by atoms with E-state index in [2.05, 4.69) is 10.6 Å². The smallest absolute Gasteiger partial charge is 0.412 e. The Morgan fingerprint density at radius 2 is 1.87 bits per heavy atom. The van der Waals surface area contributed by atoms with Gasteiger partial charge in [0.25, 0.3) is 0 Å². The molecule has 4 N–H and O–H groups in total. The Morgan fingerprint density at radius 3 is 2.35 bits per heavy atom. The molecule has 0 saturated carbocycles. The van der Waals surface area contributed by atoms with Gasteiger partial charge >= 0.3 is 18.0 Å². The number of hydrogen-bond acceptors (Lipinski definition) is 9. The lowest BCUT2D eigenvalue weighted by Crippen LogP contribution is -2.57. The van der Waals surface area contributed by atoms with Crippen LogP contribution in [-0.2, 0) is 23.8 Å². The molecular weight excluding hydrogens is 410 g/mol. The van der Waals surface area contributed by atoms with E-state index in [1.165, 1.54) is 18.9 Å². The molecule has 1 aliphatic heterocycles. The summed E-state index contributed by atoms with van der Waals surface area (Å²) in [6, 6.07) is -0.855. The molecule has 1 heterocycles. The molecule has 0 bridgehead atoms. The van der Waals surface area contributed by atoms with Gasteiger partial charge in [-0.25, -0.2) is 4.79 Å². The first-order valence-corrected chi connectivity index (χ1v) is 10.2. The van der Waals surface area contributed by atoms with E-state index in [1.54, 1.807) is 34.6 Å². The van der Waals surface area contributed by atoms with Crippen LogP contribution in [0, 0.1) is 0 Å². The van der Waals surface area contributed by atoms with Crippen molar-refractivity contribution in [1.82, 2.24) is 15.5 Å². The zero-order chi connectivity index (χ0) is 24.0. The summed E-state index contributed by atoms with van der Waals surface area (Å²) in [4.78, 5) is 37.4. The maximum atomic E-state index is 12.7. The first-order chi connectivity index (χ1) is 14.1. The standard InChI is InChI=1S/C20H37N3O8/c1-18(2,3)31-17(28)23-14(12-30-19(23,4)5)10-21-13(11-24)9-22-20(6,8-15(25)26)16(27)29-7/h13-14,21-22,24H,8-12H2,1-7H3,(H,25,26). The Hall–Kier alpha value is -1.95. The second kappa shape index (κ2) is 10.6. The lowest BCUT2D eigenvalue weighted by molar-refractivity contribution is -0.153. The highest BCUT2D eigenvalue weighted by Crippen LogP contribution is 2.29. The summed E-state index contributed by atoms with van der Waals surface area (Å²) in [7, 11) is 1.18. The van der Waals surface area contributed by atoms with Gasteiger partial charge in [0.15, 0.2) is 0 Å². The maximum Gasteiger partial charge on any atom is 0.412 e. The summed E-state index contributed by atoms with van der Waals surface area (Å²) < 4.78 is 16.0. The second-order valence-electron chi connectivity index (χ2n) is 9.32. The number of rotatable bonds is 10. The Balaban J connectivity index is 2.78. The molecule has 0 spiro atoms. The molecule has 31 heavy (non-hydrogen) atoms. The molecule has 1 saturated heterocycles. The average molecular weight is 448 g/mol. The van der Waals surface area contributed by atoms with Crippen molar-refractivity contribution in [2.75, 3.05) is 33.4 Å². The number of carboxylic acids is 1. The topological polar surface area (TPSA) is 147 Å². The monoisotopic (exact) mass is 447 g/mol. The van der Waals surface area contributed by atoms with Gasteiger partial charge in [0, 0.05) is 19.1 Å². The lowest BCUT2D eigenvalue weighted by atomic mass is 9.97.